The number of aliphatic hydroxyl groups excluding tert-OH is 1. The minimum Gasteiger partial charge on any atom is -0.392 e. The average molecular weight is 222 g/mol. The van der Waals surface area contributed by atoms with Crippen molar-refractivity contribution in [3.63, 3.8) is 0 Å². The molecule has 0 saturated carbocycles. The van der Waals surface area contributed by atoms with E-state index in [1.807, 2.05) is 4.90 Å². The van der Waals surface area contributed by atoms with E-state index in [1.54, 1.807) is 0 Å². The van der Waals surface area contributed by atoms with Crippen LogP contribution in [0.4, 0.5) is 0 Å². The molecule has 4 nitrogen and oxygen atoms in total. The lowest BCUT2D eigenvalue weighted by atomic mass is 10.3. The lowest BCUT2D eigenvalue weighted by Gasteiger charge is -2.11. The molecular formula is C12H18N2O2. The fourth-order valence-corrected chi connectivity index (χ4v) is 2.15. The van der Waals surface area contributed by atoms with Crippen LogP contribution in [-0.2, 0) is 4.79 Å². The number of amides is 1. The molecule has 0 aromatic heterocycles. The summed E-state index contributed by atoms with van der Waals surface area (Å²) in [6.07, 6.45) is 2.33. The van der Waals surface area contributed by atoms with E-state index in [4.69, 9.17) is 0 Å². The maximum atomic E-state index is 11.3. The standard InChI is InChI=1S/C12H18N2O2/c15-11-5-9-13(10-11)6-1-2-7-14-8-3-4-12(14)16/h11,15H,3-10H2/t11-/m0/s1. The van der Waals surface area contributed by atoms with Crippen LogP contribution in [0.15, 0.2) is 0 Å². The molecule has 2 aliphatic heterocycles. The molecule has 1 amide bonds. The van der Waals surface area contributed by atoms with Gasteiger partial charge in [-0.15, -0.1) is 0 Å². The number of hydrogen-bond acceptors (Lipinski definition) is 3. The van der Waals surface area contributed by atoms with E-state index in [2.05, 4.69) is 16.7 Å². The normalized spacial score (nSPS) is 25.9. The van der Waals surface area contributed by atoms with Gasteiger partial charge in [-0.1, -0.05) is 11.8 Å². The maximum Gasteiger partial charge on any atom is 0.223 e. The maximum absolute atomic E-state index is 11.3. The fraction of sp³-hybridized carbons (Fsp3) is 0.750. The van der Waals surface area contributed by atoms with Crippen LogP contribution >= 0.6 is 0 Å². The van der Waals surface area contributed by atoms with Gasteiger partial charge in [0.2, 0.25) is 5.91 Å². The number of carbonyl (C=O) groups excluding carboxylic acids is 1. The fourth-order valence-electron chi connectivity index (χ4n) is 2.15. The van der Waals surface area contributed by atoms with E-state index < -0.39 is 0 Å². The van der Waals surface area contributed by atoms with Crippen LogP contribution in [0.2, 0.25) is 0 Å². The van der Waals surface area contributed by atoms with Crippen molar-refractivity contribution < 1.29 is 9.90 Å². The highest BCUT2D eigenvalue weighted by Crippen LogP contribution is 2.08. The summed E-state index contributed by atoms with van der Waals surface area (Å²) < 4.78 is 0. The van der Waals surface area contributed by atoms with Crippen molar-refractivity contribution in [3.05, 3.63) is 0 Å². The minimum atomic E-state index is -0.179. The Morgan fingerprint density at radius 2 is 2.12 bits per heavy atom. The van der Waals surface area contributed by atoms with Gasteiger partial charge in [0.1, 0.15) is 0 Å². The smallest absolute Gasteiger partial charge is 0.223 e. The Morgan fingerprint density at radius 3 is 2.75 bits per heavy atom. The molecule has 0 bridgehead atoms. The largest absolute Gasteiger partial charge is 0.392 e. The zero-order valence-electron chi connectivity index (χ0n) is 9.48. The first-order valence-electron chi connectivity index (χ1n) is 5.89. The van der Waals surface area contributed by atoms with Crippen molar-refractivity contribution in [2.75, 3.05) is 32.7 Å². The molecule has 0 unspecified atom stereocenters. The molecule has 88 valence electrons. The second kappa shape index (κ2) is 5.33. The molecule has 2 rings (SSSR count). The lowest BCUT2D eigenvalue weighted by molar-refractivity contribution is -0.127. The topological polar surface area (TPSA) is 43.8 Å². The number of aliphatic hydroxyl groups is 1. The summed E-state index contributed by atoms with van der Waals surface area (Å²) in [7, 11) is 0. The Bertz CT molecular complexity index is 319. The first kappa shape index (κ1) is 11.4. The summed E-state index contributed by atoms with van der Waals surface area (Å²) in [6.45, 7) is 3.79. The van der Waals surface area contributed by atoms with Crippen LogP contribution in [0, 0.1) is 11.8 Å². The molecule has 2 heterocycles. The molecule has 0 radical (unpaired) electrons. The molecule has 2 aliphatic rings. The van der Waals surface area contributed by atoms with Crippen LogP contribution in [0.5, 0.6) is 0 Å². The minimum absolute atomic E-state index is 0.179. The van der Waals surface area contributed by atoms with E-state index in [1.165, 1.54) is 0 Å². The molecule has 2 saturated heterocycles. The van der Waals surface area contributed by atoms with Crippen molar-refractivity contribution >= 4 is 5.91 Å². The van der Waals surface area contributed by atoms with Gasteiger partial charge in [-0.25, -0.2) is 0 Å². The molecular weight excluding hydrogens is 204 g/mol. The van der Waals surface area contributed by atoms with Crippen molar-refractivity contribution in [1.29, 1.82) is 0 Å². The van der Waals surface area contributed by atoms with Crippen LogP contribution in [0.3, 0.4) is 0 Å². The van der Waals surface area contributed by atoms with Gasteiger partial charge in [0.25, 0.3) is 0 Å². The third-order valence-electron chi connectivity index (χ3n) is 3.12. The molecule has 0 aromatic carbocycles. The van der Waals surface area contributed by atoms with Crippen LogP contribution in [-0.4, -0.2) is 59.6 Å². The van der Waals surface area contributed by atoms with Gasteiger partial charge in [0.15, 0.2) is 0 Å². The molecule has 4 heteroatoms. The second-order valence-corrected chi connectivity index (χ2v) is 4.45. The number of likely N-dealkylation sites (tertiary alicyclic amines) is 2. The summed E-state index contributed by atoms with van der Waals surface area (Å²) in [5, 5.41) is 9.32. The zero-order valence-corrected chi connectivity index (χ0v) is 9.48. The number of carbonyl (C=O) groups is 1. The van der Waals surface area contributed by atoms with Crippen LogP contribution in [0.1, 0.15) is 19.3 Å². The molecule has 16 heavy (non-hydrogen) atoms. The van der Waals surface area contributed by atoms with Gasteiger partial charge in [-0.2, -0.15) is 0 Å². The van der Waals surface area contributed by atoms with Gasteiger partial charge in [-0.3, -0.25) is 9.69 Å². The van der Waals surface area contributed by atoms with Gasteiger partial charge in [0.05, 0.1) is 19.2 Å². The van der Waals surface area contributed by atoms with Gasteiger partial charge < -0.3 is 10.0 Å². The summed E-state index contributed by atoms with van der Waals surface area (Å²) in [5.41, 5.74) is 0. The number of nitrogens with zero attached hydrogens (tertiary/aromatic N) is 2. The summed E-state index contributed by atoms with van der Waals surface area (Å²) in [4.78, 5) is 15.2. The third kappa shape index (κ3) is 2.97. The van der Waals surface area contributed by atoms with E-state index >= 15 is 0 Å². The van der Waals surface area contributed by atoms with Gasteiger partial charge >= 0.3 is 0 Å². The van der Waals surface area contributed by atoms with E-state index in [0.717, 1.165) is 32.5 Å². The predicted octanol–water partition coefficient (Wildman–Crippen LogP) is -0.321. The van der Waals surface area contributed by atoms with E-state index in [0.29, 0.717) is 19.5 Å². The average Bonchev–Trinajstić information content (AvgIpc) is 2.83. The predicted molar refractivity (Wildman–Crippen MR) is 60.7 cm³/mol. The first-order chi connectivity index (χ1) is 7.75. The SMILES string of the molecule is O=C1CCCN1CC#CCN1CC[C@H](O)C1. The molecule has 2 fully saturated rings. The number of β-amino-alcohol motifs (C(OH)–C–C–N with tert-alkyl or cyclic N) is 1. The van der Waals surface area contributed by atoms with Crippen molar-refractivity contribution in [1.82, 2.24) is 9.80 Å². The third-order valence-corrected chi connectivity index (χ3v) is 3.12. The highest BCUT2D eigenvalue weighted by Gasteiger charge is 2.19. The first-order valence-corrected chi connectivity index (χ1v) is 5.89. The molecule has 1 atom stereocenters. The molecule has 0 spiro atoms. The highest BCUT2D eigenvalue weighted by molar-refractivity contribution is 5.78. The summed E-state index contributed by atoms with van der Waals surface area (Å²) >= 11 is 0. The molecule has 0 aromatic rings. The van der Waals surface area contributed by atoms with E-state index in [9.17, 15) is 9.90 Å². The zero-order chi connectivity index (χ0) is 11.4. The van der Waals surface area contributed by atoms with Crippen LogP contribution in [0.25, 0.3) is 0 Å². The lowest BCUT2D eigenvalue weighted by Crippen LogP contribution is -2.25. The van der Waals surface area contributed by atoms with Crippen molar-refractivity contribution in [3.8, 4) is 11.8 Å². The Balaban J connectivity index is 1.68. The van der Waals surface area contributed by atoms with Crippen LogP contribution < -0.4 is 0 Å². The highest BCUT2D eigenvalue weighted by atomic mass is 16.3. The number of hydrogen-bond donors (Lipinski definition) is 1. The number of rotatable bonds is 2. The Hall–Kier alpha value is -1.05. The van der Waals surface area contributed by atoms with Crippen molar-refractivity contribution in [2.24, 2.45) is 0 Å². The van der Waals surface area contributed by atoms with E-state index in [-0.39, 0.29) is 12.0 Å². The molecule has 1 N–H and O–H groups in total. The summed E-state index contributed by atoms with van der Waals surface area (Å²) in [6, 6.07) is 0. The molecule has 0 aliphatic carbocycles. The second-order valence-electron chi connectivity index (χ2n) is 4.45. The van der Waals surface area contributed by atoms with Crippen molar-refractivity contribution in [2.45, 2.75) is 25.4 Å². The Kier molecular flexibility index (Phi) is 3.81. The Morgan fingerprint density at radius 1 is 1.31 bits per heavy atom. The monoisotopic (exact) mass is 222 g/mol. The van der Waals surface area contributed by atoms with Gasteiger partial charge in [0, 0.05) is 26.1 Å². The van der Waals surface area contributed by atoms with Gasteiger partial charge in [-0.05, 0) is 12.8 Å². The summed E-state index contributed by atoms with van der Waals surface area (Å²) in [5.74, 6) is 6.33. The Labute approximate surface area is 96.2 Å². The quantitative estimate of drug-likeness (QED) is 0.651.